The summed E-state index contributed by atoms with van der Waals surface area (Å²) in [7, 11) is 0. The zero-order chi connectivity index (χ0) is 24.3. The molecule has 1 aliphatic rings. The Labute approximate surface area is 199 Å². The van der Waals surface area contributed by atoms with Gasteiger partial charge in [0.25, 0.3) is 5.91 Å². The van der Waals surface area contributed by atoms with E-state index in [1.165, 1.54) is 30.5 Å². The third-order valence-electron chi connectivity index (χ3n) is 5.13. The largest absolute Gasteiger partial charge is 0.487 e. The summed E-state index contributed by atoms with van der Waals surface area (Å²) >= 11 is 4.76. The Kier molecular flexibility index (Phi) is 6.80. The number of hydrogen-bond acceptors (Lipinski definition) is 7. The second kappa shape index (κ2) is 9.78. The van der Waals surface area contributed by atoms with Crippen molar-refractivity contribution >= 4 is 40.4 Å². The zero-order valence-electron chi connectivity index (χ0n) is 18.1. The summed E-state index contributed by atoms with van der Waals surface area (Å²) in [4.78, 5) is 23.5. The van der Waals surface area contributed by atoms with Crippen LogP contribution >= 0.6 is 11.6 Å². The van der Waals surface area contributed by atoms with Gasteiger partial charge in [0.05, 0.1) is 29.2 Å². The fourth-order valence-electron chi connectivity index (χ4n) is 3.50. The molecule has 11 heteroatoms. The molecule has 1 amide bonds. The Hall–Kier alpha value is -3.50. The highest BCUT2D eigenvalue weighted by atomic mass is 35.5. The minimum absolute atomic E-state index is 0.144. The van der Waals surface area contributed by atoms with Crippen LogP contribution in [0.5, 0.6) is 5.75 Å². The van der Waals surface area contributed by atoms with Gasteiger partial charge in [-0.25, -0.2) is 4.98 Å². The number of rotatable bonds is 7. The summed E-state index contributed by atoms with van der Waals surface area (Å²) < 4.78 is 29.8. The van der Waals surface area contributed by atoms with Gasteiger partial charge in [-0.2, -0.15) is 0 Å². The Morgan fingerprint density at radius 1 is 1.18 bits per heavy atom. The first-order valence-corrected chi connectivity index (χ1v) is 10.8. The van der Waals surface area contributed by atoms with E-state index in [1.807, 2.05) is 24.0 Å². The van der Waals surface area contributed by atoms with E-state index in [0.29, 0.717) is 36.7 Å². The summed E-state index contributed by atoms with van der Waals surface area (Å²) in [6.45, 7) is 2.96. The predicted molar refractivity (Wildman–Crippen MR) is 125 cm³/mol. The zero-order valence-corrected chi connectivity index (χ0v) is 18.9. The Balaban J connectivity index is 1.55. The van der Waals surface area contributed by atoms with Crippen LogP contribution in [0.4, 0.5) is 31.7 Å². The number of amides is 1. The summed E-state index contributed by atoms with van der Waals surface area (Å²) in [6.07, 6.45) is 3.31. The van der Waals surface area contributed by atoms with E-state index in [2.05, 4.69) is 25.3 Å². The first kappa shape index (κ1) is 23.7. The molecular formula is C23H22ClF2N5O3. The summed E-state index contributed by atoms with van der Waals surface area (Å²) in [6, 6.07) is 10.8. The van der Waals surface area contributed by atoms with E-state index < -0.39 is 17.6 Å². The number of hydrogen-bond donors (Lipinski definition) is 3. The number of anilines is 4. The van der Waals surface area contributed by atoms with Gasteiger partial charge in [0.2, 0.25) is 0 Å². The van der Waals surface area contributed by atoms with Crippen molar-refractivity contribution in [1.82, 2.24) is 9.97 Å². The molecule has 8 nitrogen and oxygen atoms in total. The molecule has 1 aromatic carbocycles. The number of benzene rings is 1. The molecule has 3 heterocycles. The monoisotopic (exact) mass is 489 g/mol. The molecule has 0 saturated carbocycles. The second-order valence-corrected chi connectivity index (χ2v) is 8.26. The van der Waals surface area contributed by atoms with Crippen LogP contribution in [0.1, 0.15) is 22.5 Å². The van der Waals surface area contributed by atoms with Gasteiger partial charge in [-0.15, -0.1) is 8.78 Å². The van der Waals surface area contributed by atoms with Crippen LogP contribution in [0.3, 0.4) is 0 Å². The van der Waals surface area contributed by atoms with Gasteiger partial charge >= 0.3 is 5.57 Å². The van der Waals surface area contributed by atoms with Crippen molar-refractivity contribution in [2.45, 2.75) is 25.0 Å². The third kappa shape index (κ3) is 6.09. The number of ether oxygens (including phenoxy) is 1. The fourth-order valence-corrected chi connectivity index (χ4v) is 3.59. The van der Waals surface area contributed by atoms with Crippen LogP contribution in [-0.2, 0) is 0 Å². The molecule has 1 atom stereocenters. The minimum atomic E-state index is -3.82. The molecule has 2 aromatic heterocycles. The van der Waals surface area contributed by atoms with E-state index in [1.54, 1.807) is 12.3 Å². The van der Waals surface area contributed by atoms with Crippen molar-refractivity contribution in [2.24, 2.45) is 0 Å². The van der Waals surface area contributed by atoms with Gasteiger partial charge in [0.1, 0.15) is 5.75 Å². The van der Waals surface area contributed by atoms with Crippen molar-refractivity contribution in [3.63, 3.8) is 0 Å². The lowest BCUT2D eigenvalue weighted by atomic mass is 10.2. The van der Waals surface area contributed by atoms with E-state index in [0.717, 1.165) is 11.4 Å². The molecule has 4 rings (SSSR count). The maximum atomic E-state index is 12.8. The number of nitrogens with one attached hydrogen (secondary N) is 2. The lowest BCUT2D eigenvalue weighted by molar-refractivity contribution is -0.0964. The second-order valence-electron chi connectivity index (χ2n) is 7.82. The molecule has 3 N–H and O–H groups in total. The number of aliphatic hydroxyl groups excluding tert-OH is 1. The molecule has 0 radical (unpaired) electrons. The van der Waals surface area contributed by atoms with Gasteiger partial charge in [0, 0.05) is 42.3 Å². The number of carbonyl (C=O) groups excluding carboxylic acids is 1. The number of aliphatic hydroxyl groups is 1. The van der Waals surface area contributed by atoms with Gasteiger partial charge in [-0.1, -0.05) is 0 Å². The maximum absolute atomic E-state index is 12.8. The summed E-state index contributed by atoms with van der Waals surface area (Å²) in [5.41, 5.74) is -0.998. The van der Waals surface area contributed by atoms with Crippen LogP contribution in [0.25, 0.3) is 0 Å². The topological polar surface area (TPSA) is 99.6 Å². The predicted octanol–water partition coefficient (Wildman–Crippen LogP) is 4.52. The molecule has 1 aliphatic heterocycles. The SMILES string of the molecule is Cc1ccc(Nc2cc(C(=O)Nc3ccc(OC(F)(F)Cl)cc3)cnc2N2CCC(O)C2)cn1. The van der Waals surface area contributed by atoms with E-state index >= 15 is 0 Å². The Morgan fingerprint density at radius 2 is 1.91 bits per heavy atom. The van der Waals surface area contributed by atoms with Gasteiger partial charge in [-0.3, -0.25) is 9.78 Å². The number of halogens is 3. The van der Waals surface area contributed by atoms with Crippen LogP contribution in [-0.4, -0.2) is 45.7 Å². The number of pyridine rings is 2. The summed E-state index contributed by atoms with van der Waals surface area (Å²) in [5.74, 6) is 0.0223. The molecule has 1 fully saturated rings. The number of aryl methyl sites for hydroxylation is 1. The van der Waals surface area contributed by atoms with Crippen molar-refractivity contribution in [2.75, 3.05) is 28.6 Å². The Bertz CT molecular complexity index is 1160. The minimum Gasteiger partial charge on any atom is -0.420 e. The molecule has 0 spiro atoms. The first-order chi connectivity index (χ1) is 16.2. The molecular weight excluding hydrogens is 468 g/mol. The lowest BCUT2D eigenvalue weighted by Gasteiger charge is -2.21. The molecule has 178 valence electrons. The van der Waals surface area contributed by atoms with Gasteiger partial charge < -0.3 is 25.4 Å². The van der Waals surface area contributed by atoms with Gasteiger partial charge in [-0.05, 0) is 55.8 Å². The molecule has 0 bridgehead atoms. The van der Waals surface area contributed by atoms with Crippen molar-refractivity contribution < 1.29 is 23.4 Å². The molecule has 1 saturated heterocycles. The van der Waals surface area contributed by atoms with Crippen molar-refractivity contribution in [3.8, 4) is 5.75 Å². The molecule has 0 aliphatic carbocycles. The van der Waals surface area contributed by atoms with Crippen LogP contribution < -0.4 is 20.3 Å². The highest BCUT2D eigenvalue weighted by Crippen LogP contribution is 2.31. The standard InChI is InChI=1S/C23H22ClF2N5O3/c1-14-2-3-17(12-27-14)29-20-10-15(11-28-21(20)31-9-8-18(32)13-31)22(33)30-16-4-6-19(7-5-16)34-23(24,25)26/h2-7,10-12,18,29,32H,8-9,13H2,1H3,(H,30,33). The number of aromatic nitrogens is 2. The lowest BCUT2D eigenvalue weighted by Crippen LogP contribution is -2.24. The molecule has 1 unspecified atom stereocenters. The first-order valence-electron chi connectivity index (χ1n) is 10.5. The third-order valence-corrected chi connectivity index (χ3v) is 5.21. The fraction of sp³-hybridized carbons (Fsp3) is 0.261. The summed E-state index contributed by atoms with van der Waals surface area (Å²) in [5, 5.41) is 15.9. The molecule has 34 heavy (non-hydrogen) atoms. The quantitative estimate of drug-likeness (QED) is 0.419. The number of nitrogens with zero attached hydrogens (tertiary/aromatic N) is 3. The van der Waals surface area contributed by atoms with Crippen LogP contribution in [0.2, 0.25) is 0 Å². The average Bonchev–Trinajstić information content (AvgIpc) is 3.21. The smallest absolute Gasteiger partial charge is 0.420 e. The normalized spacial score (nSPS) is 15.8. The van der Waals surface area contributed by atoms with E-state index in [4.69, 9.17) is 11.6 Å². The van der Waals surface area contributed by atoms with Crippen LogP contribution in [0, 0.1) is 6.92 Å². The van der Waals surface area contributed by atoms with Crippen molar-refractivity contribution in [3.05, 3.63) is 66.1 Å². The number of alkyl halides is 3. The highest BCUT2D eigenvalue weighted by molar-refractivity contribution is 6.20. The van der Waals surface area contributed by atoms with E-state index in [-0.39, 0.29) is 11.3 Å². The van der Waals surface area contributed by atoms with E-state index in [9.17, 15) is 18.7 Å². The highest BCUT2D eigenvalue weighted by Gasteiger charge is 2.27. The van der Waals surface area contributed by atoms with Crippen LogP contribution in [0.15, 0.2) is 54.9 Å². The molecule has 3 aromatic rings. The van der Waals surface area contributed by atoms with Crippen molar-refractivity contribution in [1.29, 1.82) is 0 Å². The maximum Gasteiger partial charge on any atom is 0.487 e. The number of carbonyl (C=O) groups is 1. The Morgan fingerprint density at radius 3 is 2.53 bits per heavy atom. The van der Waals surface area contributed by atoms with Gasteiger partial charge in [0.15, 0.2) is 5.82 Å². The average molecular weight is 490 g/mol. The number of β-amino-alcohol motifs (C(OH)–C–C–N with tert-alkyl or cyclic N) is 1.